The van der Waals surface area contributed by atoms with Crippen molar-refractivity contribution in [2.45, 2.75) is 19.6 Å². The van der Waals surface area contributed by atoms with E-state index in [0.29, 0.717) is 12.0 Å². The molecule has 0 aliphatic heterocycles. The number of para-hydroxylation sites is 1. The molecule has 16 heavy (non-hydrogen) atoms. The minimum atomic E-state index is -0.498. The molecule has 0 radical (unpaired) electrons. The fourth-order valence-electron chi connectivity index (χ4n) is 1.37. The highest BCUT2D eigenvalue weighted by Gasteiger charge is 2.08. The van der Waals surface area contributed by atoms with E-state index in [1.165, 1.54) is 0 Å². The van der Waals surface area contributed by atoms with Crippen LogP contribution in [0.5, 0.6) is 5.75 Å². The minimum absolute atomic E-state index is 0.160. The van der Waals surface area contributed by atoms with Gasteiger partial charge in [0.2, 0.25) is 5.75 Å². The zero-order valence-electron chi connectivity index (χ0n) is 8.97. The summed E-state index contributed by atoms with van der Waals surface area (Å²) >= 11 is 0. The summed E-state index contributed by atoms with van der Waals surface area (Å²) in [5, 5.41) is 0.820. The van der Waals surface area contributed by atoms with Gasteiger partial charge < -0.3 is 9.15 Å². The third-order valence-electron chi connectivity index (χ3n) is 2.29. The van der Waals surface area contributed by atoms with Gasteiger partial charge in [0.1, 0.15) is 11.8 Å². The second-order valence-corrected chi connectivity index (χ2v) is 3.50. The summed E-state index contributed by atoms with van der Waals surface area (Å²) in [6, 6.07) is 8.91. The monoisotopic (exact) mass is 219 g/mol. The van der Waals surface area contributed by atoms with E-state index in [4.69, 9.17) is 14.9 Å². The summed E-state index contributed by atoms with van der Waals surface area (Å²) in [4.78, 5) is 11.5. The van der Waals surface area contributed by atoms with E-state index in [-0.39, 0.29) is 5.75 Å². The Hall–Kier alpha value is -1.81. The molecular weight excluding hydrogens is 206 g/mol. The lowest BCUT2D eigenvalue weighted by Gasteiger charge is -2.11. The Bertz CT molecular complexity index is 547. The molecule has 0 spiro atoms. The van der Waals surface area contributed by atoms with Gasteiger partial charge >= 0.3 is 5.63 Å². The Morgan fingerprint density at radius 1 is 1.44 bits per heavy atom. The lowest BCUT2D eigenvalue weighted by Crippen LogP contribution is -2.28. The molecule has 1 aromatic carbocycles. The van der Waals surface area contributed by atoms with Crippen molar-refractivity contribution < 1.29 is 9.15 Å². The molecule has 2 N–H and O–H groups in total. The van der Waals surface area contributed by atoms with Gasteiger partial charge in [-0.15, -0.1) is 0 Å². The molecule has 1 atom stereocenters. The highest BCUT2D eigenvalue weighted by atomic mass is 16.5. The Labute approximate surface area is 92.6 Å². The molecule has 0 bridgehead atoms. The van der Waals surface area contributed by atoms with Crippen molar-refractivity contribution in [3.05, 3.63) is 40.8 Å². The maximum atomic E-state index is 11.5. The van der Waals surface area contributed by atoms with Gasteiger partial charge in [-0.25, -0.2) is 4.79 Å². The second-order valence-electron chi connectivity index (χ2n) is 3.50. The first kappa shape index (κ1) is 10.7. The van der Waals surface area contributed by atoms with Gasteiger partial charge in [0.05, 0.1) is 0 Å². The molecule has 2 rings (SSSR count). The van der Waals surface area contributed by atoms with Crippen LogP contribution >= 0.6 is 0 Å². The van der Waals surface area contributed by atoms with Crippen LogP contribution in [0.3, 0.4) is 0 Å². The number of hydrogen-bond acceptors (Lipinski definition) is 4. The van der Waals surface area contributed by atoms with Gasteiger partial charge in [0, 0.05) is 5.39 Å². The van der Waals surface area contributed by atoms with Crippen LogP contribution in [0.4, 0.5) is 0 Å². The summed E-state index contributed by atoms with van der Waals surface area (Å²) < 4.78 is 10.4. The van der Waals surface area contributed by atoms with Crippen LogP contribution in [-0.4, -0.2) is 6.23 Å². The van der Waals surface area contributed by atoms with E-state index in [1.807, 2.05) is 25.1 Å². The lowest BCUT2D eigenvalue weighted by atomic mass is 10.2. The standard InChI is InChI=1S/C12H13NO3/c1-2-11(13)15-10-7-8-5-3-4-6-9(8)16-12(10)14/h3-7,11H,2,13H2,1H3. The van der Waals surface area contributed by atoms with Crippen molar-refractivity contribution in [3.63, 3.8) is 0 Å². The van der Waals surface area contributed by atoms with Crippen LogP contribution < -0.4 is 16.1 Å². The molecule has 4 nitrogen and oxygen atoms in total. The molecule has 0 amide bonds. The molecule has 0 aliphatic carbocycles. The second kappa shape index (κ2) is 4.37. The number of ether oxygens (including phenoxy) is 1. The summed E-state index contributed by atoms with van der Waals surface area (Å²) in [7, 11) is 0. The highest BCUT2D eigenvalue weighted by molar-refractivity contribution is 5.77. The third kappa shape index (κ3) is 2.06. The van der Waals surface area contributed by atoms with Crippen LogP contribution in [0.1, 0.15) is 13.3 Å². The molecule has 2 aromatic rings. The molecule has 0 aliphatic rings. The third-order valence-corrected chi connectivity index (χ3v) is 2.29. The molecule has 0 saturated heterocycles. The Morgan fingerprint density at radius 3 is 2.94 bits per heavy atom. The van der Waals surface area contributed by atoms with Crippen molar-refractivity contribution in [1.29, 1.82) is 0 Å². The normalized spacial score (nSPS) is 12.6. The van der Waals surface area contributed by atoms with Crippen LogP contribution in [0.15, 0.2) is 39.5 Å². The molecular formula is C12H13NO3. The van der Waals surface area contributed by atoms with E-state index < -0.39 is 11.9 Å². The summed E-state index contributed by atoms with van der Waals surface area (Å²) in [5.74, 6) is 0.160. The lowest BCUT2D eigenvalue weighted by molar-refractivity contribution is 0.197. The van der Waals surface area contributed by atoms with Crippen LogP contribution in [0.2, 0.25) is 0 Å². The predicted molar refractivity (Wildman–Crippen MR) is 61.4 cm³/mol. The zero-order chi connectivity index (χ0) is 11.5. The molecule has 0 saturated carbocycles. The summed E-state index contributed by atoms with van der Waals surface area (Å²) in [5.41, 5.74) is 5.66. The van der Waals surface area contributed by atoms with Gasteiger partial charge in [0.25, 0.3) is 0 Å². The maximum Gasteiger partial charge on any atom is 0.379 e. The topological polar surface area (TPSA) is 65.5 Å². The molecule has 1 aromatic heterocycles. The zero-order valence-corrected chi connectivity index (χ0v) is 8.97. The first-order valence-corrected chi connectivity index (χ1v) is 5.16. The number of benzene rings is 1. The fourth-order valence-corrected chi connectivity index (χ4v) is 1.37. The van der Waals surface area contributed by atoms with Crippen molar-refractivity contribution >= 4 is 11.0 Å². The average Bonchev–Trinajstić information content (AvgIpc) is 2.30. The van der Waals surface area contributed by atoms with Gasteiger partial charge in [0.15, 0.2) is 0 Å². The van der Waals surface area contributed by atoms with Crippen molar-refractivity contribution in [2.24, 2.45) is 5.73 Å². The Balaban J connectivity index is 2.46. The number of fused-ring (bicyclic) bond motifs is 1. The molecule has 0 fully saturated rings. The predicted octanol–water partition coefficient (Wildman–Crippen LogP) is 1.87. The fraction of sp³-hybridized carbons (Fsp3) is 0.250. The van der Waals surface area contributed by atoms with E-state index in [1.54, 1.807) is 12.1 Å². The molecule has 1 unspecified atom stereocenters. The Morgan fingerprint density at radius 2 is 2.19 bits per heavy atom. The van der Waals surface area contributed by atoms with E-state index >= 15 is 0 Å². The van der Waals surface area contributed by atoms with Crippen LogP contribution in [0.25, 0.3) is 11.0 Å². The van der Waals surface area contributed by atoms with Crippen LogP contribution in [-0.2, 0) is 0 Å². The van der Waals surface area contributed by atoms with Crippen molar-refractivity contribution in [1.82, 2.24) is 0 Å². The van der Waals surface area contributed by atoms with E-state index in [9.17, 15) is 4.79 Å². The molecule has 4 heteroatoms. The first-order chi connectivity index (χ1) is 7.70. The maximum absolute atomic E-state index is 11.5. The molecule has 84 valence electrons. The van der Waals surface area contributed by atoms with Gasteiger partial charge in [-0.05, 0) is 18.6 Å². The largest absolute Gasteiger partial charge is 0.468 e. The highest BCUT2D eigenvalue weighted by Crippen LogP contribution is 2.16. The van der Waals surface area contributed by atoms with Gasteiger partial charge in [-0.3, -0.25) is 5.73 Å². The summed E-state index contributed by atoms with van der Waals surface area (Å²) in [6.45, 7) is 1.88. The number of nitrogens with two attached hydrogens (primary N) is 1. The number of rotatable bonds is 3. The molecule has 1 heterocycles. The average molecular weight is 219 g/mol. The number of hydrogen-bond donors (Lipinski definition) is 1. The minimum Gasteiger partial charge on any atom is -0.468 e. The van der Waals surface area contributed by atoms with Gasteiger partial charge in [-0.2, -0.15) is 0 Å². The summed E-state index contributed by atoms with van der Waals surface area (Å²) in [6.07, 6.45) is 0.149. The van der Waals surface area contributed by atoms with Gasteiger partial charge in [-0.1, -0.05) is 25.1 Å². The van der Waals surface area contributed by atoms with Crippen LogP contribution in [0, 0.1) is 0 Å². The Kier molecular flexibility index (Phi) is 2.92. The first-order valence-electron chi connectivity index (χ1n) is 5.16. The van der Waals surface area contributed by atoms with Crippen molar-refractivity contribution in [3.8, 4) is 5.75 Å². The van der Waals surface area contributed by atoms with E-state index in [0.717, 1.165) is 5.39 Å². The van der Waals surface area contributed by atoms with Crippen molar-refractivity contribution in [2.75, 3.05) is 0 Å². The quantitative estimate of drug-likeness (QED) is 0.632. The SMILES string of the molecule is CCC(N)Oc1cc2ccccc2oc1=O. The van der Waals surface area contributed by atoms with E-state index in [2.05, 4.69) is 0 Å². The smallest absolute Gasteiger partial charge is 0.379 e.